The number of benzene rings is 3. The highest BCUT2D eigenvalue weighted by Gasteiger charge is 2.20. The summed E-state index contributed by atoms with van der Waals surface area (Å²) in [5.41, 5.74) is 1.24. The zero-order chi connectivity index (χ0) is 23.3. The van der Waals surface area contributed by atoms with E-state index in [1.54, 1.807) is 47.4 Å². The summed E-state index contributed by atoms with van der Waals surface area (Å²) in [5, 5.41) is 3.31. The van der Waals surface area contributed by atoms with Crippen LogP contribution in [0.4, 0.5) is 14.9 Å². The lowest BCUT2D eigenvalue weighted by atomic mass is 10.2. The van der Waals surface area contributed by atoms with Crippen LogP contribution in [0.5, 0.6) is 5.75 Å². The molecule has 0 aliphatic carbocycles. The monoisotopic (exact) mass is 476 g/mol. The fourth-order valence-electron chi connectivity index (χ4n) is 2.92. The van der Waals surface area contributed by atoms with Crippen molar-refractivity contribution in [2.75, 3.05) is 5.32 Å². The first kappa shape index (κ1) is 23.6. The third-order valence-corrected chi connectivity index (χ3v) is 6.02. The van der Waals surface area contributed by atoms with Crippen molar-refractivity contribution in [2.24, 2.45) is 0 Å². The number of amides is 2. The molecule has 0 bridgehead atoms. The van der Waals surface area contributed by atoms with Gasteiger partial charge in [0.25, 0.3) is 0 Å². The molecule has 0 heterocycles. The van der Waals surface area contributed by atoms with Crippen LogP contribution in [0.2, 0.25) is 5.02 Å². The van der Waals surface area contributed by atoms with Crippen LogP contribution in [0.1, 0.15) is 19.4 Å². The number of carbonyl (C=O) groups excluding carboxylic acids is 1. The van der Waals surface area contributed by atoms with E-state index in [4.69, 9.17) is 15.8 Å². The third kappa shape index (κ3) is 6.21. The van der Waals surface area contributed by atoms with E-state index >= 15 is 0 Å². The fourth-order valence-corrected chi connectivity index (χ4v) is 4.03. The standard InChI is InChI=1S/C23H22ClFN2O4S/c1-16(2)27(23(28)26-20-7-4-6-18(24)14-20)15-17-5-3-8-21(13-17)31-32(29,30)22-11-9-19(25)10-12-22/h3-14,16H,15H2,1-2H3,(H,26,28). The lowest BCUT2D eigenvalue weighted by molar-refractivity contribution is 0.193. The average molecular weight is 477 g/mol. The lowest BCUT2D eigenvalue weighted by Gasteiger charge is -2.27. The predicted octanol–water partition coefficient (Wildman–Crippen LogP) is 5.69. The van der Waals surface area contributed by atoms with Crippen LogP contribution in [0.15, 0.2) is 77.7 Å². The van der Waals surface area contributed by atoms with Crippen molar-refractivity contribution in [3.63, 3.8) is 0 Å². The maximum atomic E-state index is 13.1. The first-order valence-electron chi connectivity index (χ1n) is 9.76. The molecule has 0 atom stereocenters. The van der Waals surface area contributed by atoms with Crippen LogP contribution in [0.3, 0.4) is 0 Å². The normalized spacial score (nSPS) is 11.3. The molecule has 3 rings (SSSR count). The maximum Gasteiger partial charge on any atom is 0.339 e. The molecule has 0 aromatic heterocycles. The topological polar surface area (TPSA) is 75.7 Å². The number of rotatable bonds is 7. The number of nitrogens with one attached hydrogen (secondary N) is 1. The van der Waals surface area contributed by atoms with Gasteiger partial charge in [0.1, 0.15) is 16.5 Å². The Morgan fingerprint density at radius 2 is 1.75 bits per heavy atom. The number of hydrogen-bond donors (Lipinski definition) is 1. The van der Waals surface area contributed by atoms with E-state index in [9.17, 15) is 17.6 Å². The van der Waals surface area contributed by atoms with Crippen LogP contribution in [-0.4, -0.2) is 25.4 Å². The molecular formula is C23H22ClFN2O4S. The molecule has 0 aliphatic rings. The summed E-state index contributed by atoms with van der Waals surface area (Å²) in [7, 11) is -4.12. The van der Waals surface area contributed by atoms with Gasteiger partial charge in [-0.15, -0.1) is 0 Å². The van der Waals surface area contributed by atoms with Crippen molar-refractivity contribution < 1.29 is 21.8 Å². The Kier molecular flexibility index (Phi) is 7.37. The number of carbonyl (C=O) groups is 1. The van der Waals surface area contributed by atoms with Crippen LogP contribution < -0.4 is 9.50 Å². The Hall–Kier alpha value is -3.10. The molecule has 0 fully saturated rings. The third-order valence-electron chi connectivity index (χ3n) is 4.52. The van der Waals surface area contributed by atoms with E-state index in [0.717, 1.165) is 24.3 Å². The largest absolute Gasteiger partial charge is 0.379 e. The van der Waals surface area contributed by atoms with Gasteiger partial charge in [0.05, 0.1) is 0 Å². The van der Waals surface area contributed by atoms with E-state index in [1.165, 1.54) is 6.07 Å². The van der Waals surface area contributed by atoms with Crippen LogP contribution >= 0.6 is 11.6 Å². The lowest BCUT2D eigenvalue weighted by Crippen LogP contribution is -2.39. The molecule has 0 aliphatic heterocycles. The Morgan fingerprint density at radius 1 is 1.06 bits per heavy atom. The smallest absolute Gasteiger partial charge is 0.339 e. The molecule has 6 nitrogen and oxygen atoms in total. The number of halogens is 2. The van der Waals surface area contributed by atoms with Gasteiger partial charge in [-0.3, -0.25) is 0 Å². The molecule has 32 heavy (non-hydrogen) atoms. The zero-order valence-corrected chi connectivity index (χ0v) is 19.0. The first-order valence-corrected chi connectivity index (χ1v) is 11.5. The van der Waals surface area contributed by atoms with Crippen LogP contribution in [-0.2, 0) is 16.7 Å². The van der Waals surface area contributed by atoms with Gasteiger partial charge in [-0.2, -0.15) is 8.42 Å². The number of nitrogens with zero attached hydrogens (tertiary/aromatic N) is 1. The quantitative estimate of drug-likeness (QED) is 0.444. The van der Waals surface area contributed by atoms with Crippen LogP contribution in [0, 0.1) is 5.82 Å². The molecule has 168 valence electrons. The second-order valence-corrected chi connectivity index (χ2v) is 9.28. The summed E-state index contributed by atoms with van der Waals surface area (Å²) in [6, 6.07) is 17.2. The Morgan fingerprint density at radius 3 is 2.41 bits per heavy atom. The van der Waals surface area contributed by atoms with Crippen molar-refractivity contribution in [2.45, 2.75) is 31.3 Å². The number of urea groups is 1. The fraction of sp³-hybridized carbons (Fsp3) is 0.174. The first-order chi connectivity index (χ1) is 15.1. The second-order valence-electron chi connectivity index (χ2n) is 7.30. The highest BCUT2D eigenvalue weighted by molar-refractivity contribution is 7.87. The maximum absolute atomic E-state index is 13.1. The highest BCUT2D eigenvalue weighted by Crippen LogP contribution is 2.22. The van der Waals surface area contributed by atoms with Gasteiger partial charge < -0.3 is 14.4 Å². The van der Waals surface area contributed by atoms with E-state index in [2.05, 4.69) is 5.32 Å². The molecule has 3 aromatic rings. The summed E-state index contributed by atoms with van der Waals surface area (Å²) in [6.07, 6.45) is 0. The SMILES string of the molecule is CC(C)N(Cc1cccc(OS(=O)(=O)c2ccc(F)cc2)c1)C(=O)Nc1cccc(Cl)c1. The van der Waals surface area contributed by atoms with Crippen molar-refractivity contribution in [1.29, 1.82) is 0 Å². The summed E-state index contributed by atoms with van der Waals surface area (Å²) in [5.74, 6) is -0.457. The van der Waals surface area contributed by atoms with E-state index in [1.807, 2.05) is 13.8 Å². The second kappa shape index (κ2) is 10.0. The van der Waals surface area contributed by atoms with Crippen molar-refractivity contribution in [1.82, 2.24) is 4.90 Å². The minimum atomic E-state index is -4.12. The predicted molar refractivity (Wildman–Crippen MR) is 122 cm³/mol. The average Bonchev–Trinajstić information content (AvgIpc) is 2.72. The minimum Gasteiger partial charge on any atom is -0.379 e. The molecule has 3 aromatic carbocycles. The van der Waals surface area contributed by atoms with E-state index < -0.39 is 15.9 Å². The number of anilines is 1. The molecule has 0 saturated heterocycles. The van der Waals surface area contributed by atoms with Crippen molar-refractivity contribution in [3.05, 3.63) is 89.2 Å². The molecule has 0 unspecified atom stereocenters. The summed E-state index contributed by atoms with van der Waals surface area (Å²) in [4.78, 5) is 14.2. The summed E-state index contributed by atoms with van der Waals surface area (Å²) >= 11 is 5.98. The van der Waals surface area contributed by atoms with Gasteiger partial charge in [-0.05, 0) is 74.0 Å². The molecule has 0 saturated carbocycles. The van der Waals surface area contributed by atoms with E-state index in [0.29, 0.717) is 16.3 Å². The van der Waals surface area contributed by atoms with Crippen molar-refractivity contribution in [3.8, 4) is 5.75 Å². The molecule has 9 heteroatoms. The summed E-state index contributed by atoms with van der Waals surface area (Å²) < 4.78 is 43.2. The summed E-state index contributed by atoms with van der Waals surface area (Å²) in [6.45, 7) is 3.96. The van der Waals surface area contributed by atoms with Gasteiger partial charge in [0.15, 0.2) is 0 Å². The molecule has 2 amide bonds. The number of hydrogen-bond acceptors (Lipinski definition) is 4. The Balaban J connectivity index is 1.75. The molecule has 0 radical (unpaired) electrons. The molecular weight excluding hydrogens is 455 g/mol. The van der Waals surface area contributed by atoms with Gasteiger partial charge in [0, 0.05) is 23.3 Å². The Bertz CT molecular complexity index is 1200. The van der Waals surface area contributed by atoms with E-state index in [-0.39, 0.29) is 29.3 Å². The molecule has 1 N–H and O–H groups in total. The highest BCUT2D eigenvalue weighted by atomic mass is 35.5. The Labute approximate surface area is 191 Å². The molecule has 0 spiro atoms. The minimum absolute atomic E-state index is 0.0887. The van der Waals surface area contributed by atoms with Crippen molar-refractivity contribution >= 4 is 33.4 Å². The van der Waals surface area contributed by atoms with Crippen LogP contribution in [0.25, 0.3) is 0 Å². The zero-order valence-electron chi connectivity index (χ0n) is 17.5. The van der Waals surface area contributed by atoms with Gasteiger partial charge >= 0.3 is 16.1 Å². The van der Waals surface area contributed by atoms with Gasteiger partial charge in [0.2, 0.25) is 0 Å². The van der Waals surface area contributed by atoms with Gasteiger partial charge in [-0.25, -0.2) is 9.18 Å². The van der Waals surface area contributed by atoms with Gasteiger partial charge in [-0.1, -0.05) is 29.8 Å².